The summed E-state index contributed by atoms with van der Waals surface area (Å²) in [4.78, 5) is 10.7. The lowest BCUT2D eigenvalue weighted by Crippen LogP contribution is -2.31. The van der Waals surface area contributed by atoms with Gasteiger partial charge in [0.15, 0.2) is 0 Å². The van der Waals surface area contributed by atoms with Crippen molar-refractivity contribution in [2.45, 2.75) is 12.0 Å². The highest BCUT2D eigenvalue weighted by Crippen LogP contribution is 2.32. The molecule has 0 bridgehead atoms. The van der Waals surface area contributed by atoms with Crippen LogP contribution in [0.5, 0.6) is 0 Å². The number of carbonyl (C=O) groups is 1. The fourth-order valence-electron chi connectivity index (χ4n) is 1.10. The molecule has 1 amide bonds. The Hall–Kier alpha value is -1.17. The van der Waals surface area contributed by atoms with Gasteiger partial charge in [0, 0.05) is 0 Å². The summed E-state index contributed by atoms with van der Waals surface area (Å²) in [5, 5.41) is 10.6. The first-order valence-electron chi connectivity index (χ1n) is 3.57. The number of hydrogen-bond acceptors (Lipinski definition) is 3. The molecule has 1 fully saturated rings. The van der Waals surface area contributed by atoms with Gasteiger partial charge in [-0.1, -0.05) is 0 Å². The van der Waals surface area contributed by atoms with Gasteiger partial charge < -0.3 is 15.2 Å². The molecule has 1 atom stereocenters. The monoisotopic (exact) mass is 193 g/mol. The Balaban J connectivity index is 2.99. The average molecular weight is 193 g/mol. The lowest BCUT2D eigenvalue weighted by molar-refractivity contribution is -0.136. The van der Waals surface area contributed by atoms with E-state index in [1.165, 1.54) is 7.11 Å². The van der Waals surface area contributed by atoms with Crippen molar-refractivity contribution in [3.05, 3.63) is 11.8 Å². The molecular weight excluding hydrogens is 184 g/mol. The number of rotatable bonds is 2. The van der Waals surface area contributed by atoms with Gasteiger partial charge in [0.1, 0.15) is 0 Å². The average Bonchev–Trinajstić information content (AvgIpc) is 2.29. The highest BCUT2D eigenvalue weighted by atomic mass is 19.3. The zero-order chi connectivity index (χ0) is 10.1. The van der Waals surface area contributed by atoms with Crippen LogP contribution in [-0.4, -0.2) is 36.7 Å². The Bertz CT molecular complexity index is 252. The predicted molar refractivity (Wildman–Crippen MR) is 39.1 cm³/mol. The highest BCUT2D eigenvalue weighted by molar-refractivity contribution is 5.91. The van der Waals surface area contributed by atoms with Crippen LogP contribution in [0.2, 0.25) is 0 Å². The van der Waals surface area contributed by atoms with E-state index in [-0.39, 0.29) is 0 Å². The smallest absolute Gasteiger partial charge is 0.351 e. The molecule has 6 heteroatoms. The molecule has 1 aliphatic rings. The molecule has 1 rings (SSSR count). The normalized spacial score (nSPS) is 29.1. The topological polar surface area (TPSA) is 58.6 Å². The molecule has 0 saturated carbocycles. The van der Waals surface area contributed by atoms with E-state index in [9.17, 15) is 13.6 Å². The minimum atomic E-state index is -3.58. The Morgan fingerprint density at radius 2 is 2.38 bits per heavy atom. The van der Waals surface area contributed by atoms with Gasteiger partial charge in [-0.25, -0.2) is 0 Å². The maximum absolute atomic E-state index is 13.0. The molecule has 0 aliphatic carbocycles. The van der Waals surface area contributed by atoms with E-state index >= 15 is 0 Å². The molecule has 0 aromatic rings. The number of carbonyl (C=O) groups excluding carboxylic acids is 1. The van der Waals surface area contributed by atoms with E-state index in [4.69, 9.17) is 5.11 Å². The van der Waals surface area contributed by atoms with Crippen LogP contribution >= 0.6 is 0 Å². The number of methoxy groups -OCH3 is 1. The lowest BCUT2D eigenvalue weighted by Gasteiger charge is -2.09. The zero-order valence-corrected chi connectivity index (χ0v) is 6.88. The quantitative estimate of drug-likeness (QED) is 0.589. The first-order valence-corrected chi connectivity index (χ1v) is 3.57. The van der Waals surface area contributed by atoms with Crippen LogP contribution < -0.4 is 5.32 Å². The highest BCUT2D eigenvalue weighted by Gasteiger charge is 2.53. The standard InChI is InChI=1S/C7H9F2NO3/c1-13-3-4-5(2-11)10-6(12)7(4,8)9/h3,5,11H,2H2,1H3,(H,10,12)/b4-3-/t5-/m1/s1. The van der Waals surface area contributed by atoms with Gasteiger partial charge in [-0.15, -0.1) is 0 Å². The minimum Gasteiger partial charge on any atom is -0.504 e. The third-order valence-electron chi connectivity index (χ3n) is 1.76. The Labute approximate surface area is 73.2 Å². The third-order valence-corrected chi connectivity index (χ3v) is 1.76. The van der Waals surface area contributed by atoms with Gasteiger partial charge in [-0.3, -0.25) is 4.79 Å². The largest absolute Gasteiger partial charge is 0.504 e. The molecule has 0 unspecified atom stereocenters. The fourth-order valence-corrected chi connectivity index (χ4v) is 1.10. The van der Waals surface area contributed by atoms with E-state index in [1.807, 2.05) is 5.32 Å². The summed E-state index contributed by atoms with van der Waals surface area (Å²) in [6.45, 7) is -0.573. The SMILES string of the molecule is CO/C=C1/[C@@H](CO)NC(=O)C1(F)F. The summed E-state index contributed by atoms with van der Waals surface area (Å²) in [7, 11) is 1.19. The number of hydrogen-bond donors (Lipinski definition) is 2. The van der Waals surface area contributed by atoms with Crippen molar-refractivity contribution in [3.8, 4) is 0 Å². The van der Waals surface area contributed by atoms with Gasteiger partial charge >= 0.3 is 5.92 Å². The van der Waals surface area contributed by atoms with Crippen molar-refractivity contribution < 1.29 is 23.4 Å². The Morgan fingerprint density at radius 3 is 2.85 bits per heavy atom. The number of ether oxygens (including phenoxy) is 1. The van der Waals surface area contributed by atoms with Crippen LogP contribution in [0.4, 0.5) is 8.78 Å². The second-order valence-corrected chi connectivity index (χ2v) is 2.59. The van der Waals surface area contributed by atoms with Crippen molar-refractivity contribution in [2.24, 2.45) is 0 Å². The molecular formula is C7H9F2NO3. The van der Waals surface area contributed by atoms with Crippen molar-refractivity contribution in [1.29, 1.82) is 0 Å². The molecule has 1 aliphatic heterocycles. The molecule has 0 aromatic heterocycles. The van der Waals surface area contributed by atoms with E-state index in [0.717, 1.165) is 6.26 Å². The maximum Gasteiger partial charge on any atom is 0.351 e. The number of nitrogens with one attached hydrogen (secondary N) is 1. The van der Waals surface area contributed by atoms with Gasteiger partial charge in [0.25, 0.3) is 5.91 Å². The fraction of sp³-hybridized carbons (Fsp3) is 0.571. The molecule has 1 saturated heterocycles. The predicted octanol–water partition coefficient (Wildman–Crippen LogP) is -0.357. The summed E-state index contributed by atoms with van der Waals surface area (Å²) >= 11 is 0. The van der Waals surface area contributed by atoms with Crippen LogP contribution in [0.25, 0.3) is 0 Å². The van der Waals surface area contributed by atoms with Crippen LogP contribution in [-0.2, 0) is 9.53 Å². The number of halogens is 2. The third kappa shape index (κ3) is 1.49. The number of alkyl halides is 2. The molecule has 2 N–H and O–H groups in total. The van der Waals surface area contributed by atoms with E-state index in [0.29, 0.717) is 0 Å². The number of aliphatic hydroxyl groups excluding tert-OH is 1. The zero-order valence-electron chi connectivity index (χ0n) is 6.88. The molecule has 1 heterocycles. The first kappa shape index (κ1) is 9.91. The van der Waals surface area contributed by atoms with Crippen molar-refractivity contribution in [2.75, 3.05) is 13.7 Å². The van der Waals surface area contributed by atoms with Crippen LogP contribution in [0, 0.1) is 0 Å². The second kappa shape index (κ2) is 3.29. The van der Waals surface area contributed by atoms with Gasteiger partial charge in [-0.05, 0) is 0 Å². The minimum absolute atomic E-state index is 0.539. The van der Waals surface area contributed by atoms with E-state index in [2.05, 4.69) is 4.74 Å². The van der Waals surface area contributed by atoms with Crippen LogP contribution in [0.15, 0.2) is 11.8 Å². The molecule has 13 heavy (non-hydrogen) atoms. The van der Waals surface area contributed by atoms with Crippen LogP contribution in [0.1, 0.15) is 0 Å². The van der Waals surface area contributed by atoms with Crippen LogP contribution in [0.3, 0.4) is 0 Å². The molecule has 74 valence electrons. The summed E-state index contributed by atoms with van der Waals surface area (Å²) < 4.78 is 30.3. The Kier molecular flexibility index (Phi) is 2.51. The summed E-state index contributed by atoms with van der Waals surface area (Å²) in [5.74, 6) is -4.99. The molecule has 0 radical (unpaired) electrons. The van der Waals surface area contributed by atoms with Gasteiger partial charge in [0.05, 0.1) is 31.6 Å². The maximum atomic E-state index is 13.0. The lowest BCUT2D eigenvalue weighted by atomic mass is 10.1. The summed E-state index contributed by atoms with van der Waals surface area (Å²) in [6.07, 6.45) is 0.777. The van der Waals surface area contributed by atoms with Crippen molar-refractivity contribution in [1.82, 2.24) is 5.32 Å². The van der Waals surface area contributed by atoms with Crippen molar-refractivity contribution in [3.63, 3.8) is 0 Å². The Morgan fingerprint density at radius 1 is 1.77 bits per heavy atom. The molecule has 4 nitrogen and oxygen atoms in total. The van der Waals surface area contributed by atoms with Gasteiger partial charge in [0.2, 0.25) is 0 Å². The van der Waals surface area contributed by atoms with E-state index < -0.39 is 30.1 Å². The summed E-state index contributed by atoms with van der Waals surface area (Å²) in [6, 6.07) is -1.05. The second-order valence-electron chi connectivity index (χ2n) is 2.59. The summed E-state index contributed by atoms with van der Waals surface area (Å²) in [5.41, 5.74) is -0.539. The molecule has 0 spiro atoms. The number of amides is 1. The number of aliphatic hydroxyl groups is 1. The van der Waals surface area contributed by atoms with Gasteiger partial charge in [-0.2, -0.15) is 8.78 Å². The first-order chi connectivity index (χ1) is 6.04. The molecule has 0 aromatic carbocycles. The van der Waals surface area contributed by atoms with Crippen molar-refractivity contribution >= 4 is 5.91 Å². The van der Waals surface area contributed by atoms with E-state index in [1.54, 1.807) is 0 Å².